The molecule has 1 aliphatic carbocycles. The largest absolute Gasteiger partial charge is 0.326 e. The summed E-state index contributed by atoms with van der Waals surface area (Å²) in [6.07, 6.45) is 5.01. The van der Waals surface area contributed by atoms with Gasteiger partial charge in [0.25, 0.3) is 10.0 Å². The van der Waals surface area contributed by atoms with Crippen molar-refractivity contribution in [3.63, 3.8) is 0 Å². The summed E-state index contributed by atoms with van der Waals surface area (Å²) in [4.78, 5) is 12.3. The van der Waals surface area contributed by atoms with Gasteiger partial charge in [-0.05, 0) is 55.3 Å². The Morgan fingerprint density at radius 2 is 1.63 bits per heavy atom. The molecule has 2 aromatic rings. The summed E-state index contributed by atoms with van der Waals surface area (Å²) in [6, 6.07) is 11.2. The molecule has 0 heterocycles. The number of anilines is 2. The number of carbonyl (C=O) groups excluding carboxylic acids is 1. The highest BCUT2D eigenvalue weighted by molar-refractivity contribution is 9.10. The predicted molar refractivity (Wildman–Crippen MR) is 112 cm³/mol. The van der Waals surface area contributed by atoms with Crippen molar-refractivity contribution >= 4 is 54.8 Å². The highest BCUT2D eigenvalue weighted by atomic mass is 79.9. The molecule has 0 aromatic heterocycles. The number of rotatable bonds is 5. The van der Waals surface area contributed by atoms with Crippen LogP contribution in [0.25, 0.3) is 0 Å². The first kappa shape index (κ1) is 20.2. The first-order valence-corrected chi connectivity index (χ1v) is 11.4. The van der Waals surface area contributed by atoms with E-state index in [1.54, 1.807) is 30.3 Å². The third-order valence-electron chi connectivity index (χ3n) is 4.56. The van der Waals surface area contributed by atoms with Crippen LogP contribution in [0.1, 0.15) is 32.1 Å². The maximum atomic E-state index is 12.7. The van der Waals surface area contributed by atoms with E-state index in [-0.39, 0.29) is 21.7 Å². The summed E-state index contributed by atoms with van der Waals surface area (Å²) in [5, 5.41) is 2.92. The Hall–Kier alpha value is -1.57. The molecule has 3 rings (SSSR count). The molecular formula is C19H20BrClN2O3S. The molecule has 0 atom stereocenters. The van der Waals surface area contributed by atoms with Crippen LogP contribution in [-0.2, 0) is 14.8 Å². The standard InChI is InChI=1S/C19H20BrClN2O3S/c20-14-6-8-15(9-7-14)23-27(25,26)18-12-16(10-11-17(18)21)22-19(24)13-4-2-1-3-5-13/h6-13,23H,1-5H2,(H,22,24). The number of amides is 1. The van der Waals surface area contributed by atoms with Crippen LogP contribution in [0, 0.1) is 5.92 Å². The fourth-order valence-electron chi connectivity index (χ4n) is 3.12. The summed E-state index contributed by atoms with van der Waals surface area (Å²) < 4.78 is 28.8. The van der Waals surface area contributed by atoms with Crippen molar-refractivity contribution < 1.29 is 13.2 Å². The molecule has 2 N–H and O–H groups in total. The molecule has 2 aromatic carbocycles. The SMILES string of the molecule is O=C(Nc1ccc(Cl)c(S(=O)(=O)Nc2ccc(Br)cc2)c1)C1CCCCC1. The lowest BCUT2D eigenvalue weighted by Crippen LogP contribution is -2.25. The molecule has 1 amide bonds. The van der Waals surface area contributed by atoms with Crippen molar-refractivity contribution in [2.24, 2.45) is 5.92 Å². The first-order chi connectivity index (χ1) is 12.8. The Balaban J connectivity index is 1.79. The molecule has 0 bridgehead atoms. The second-order valence-electron chi connectivity index (χ2n) is 6.58. The number of halogens is 2. The summed E-state index contributed by atoms with van der Waals surface area (Å²) >= 11 is 9.43. The fourth-order valence-corrected chi connectivity index (χ4v) is 4.97. The predicted octanol–water partition coefficient (Wildman–Crippen LogP) is 5.42. The van der Waals surface area contributed by atoms with Gasteiger partial charge in [0.15, 0.2) is 0 Å². The van der Waals surface area contributed by atoms with Crippen LogP contribution >= 0.6 is 27.5 Å². The van der Waals surface area contributed by atoms with Crippen LogP contribution in [0.2, 0.25) is 5.02 Å². The minimum atomic E-state index is -3.89. The van der Waals surface area contributed by atoms with Gasteiger partial charge in [0.1, 0.15) is 4.90 Å². The second-order valence-corrected chi connectivity index (χ2v) is 9.56. The van der Waals surface area contributed by atoms with Crippen LogP contribution in [0.3, 0.4) is 0 Å². The van der Waals surface area contributed by atoms with Crippen molar-refractivity contribution in [3.8, 4) is 0 Å². The molecule has 8 heteroatoms. The molecule has 5 nitrogen and oxygen atoms in total. The minimum Gasteiger partial charge on any atom is -0.326 e. The quantitative estimate of drug-likeness (QED) is 0.611. The maximum Gasteiger partial charge on any atom is 0.263 e. The molecule has 27 heavy (non-hydrogen) atoms. The number of sulfonamides is 1. The van der Waals surface area contributed by atoms with Crippen LogP contribution in [0.5, 0.6) is 0 Å². The van der Waals surface area contributed by atoms with E-state index in [0.717, 1.165) is 36.6 Å². The van der Waals surface area contributed by atoms with Gasteiger partial charge in [-0.25, -0.2) is 8.42 Å². The lowest BCUT2D eigenvalue weighted by atomic mass is 9.88. The molecule has 1 aliphatic rings. The van der Waals surface area contributed by atoms with Gasteiger partial charge in [-0.1, -0.05) is 46.8 Å². The third-order valence-corrected chi connectivity index (χ3v) is 6.95. The van der Waals surface area contributed by atoms with Crippen molar-refractivity contribution in [2.45, 2.75) is 37.0 Å². The minimum absolute atomic E-state index is 0.0182. The zero-order valence-electron chi connectivity index (χ0n) is 14.5. The number of hydrogen-bond donors (Lipinski definition) is 2. The lowest BCUT2D eigenvalue weighted by molar-refractivity contribution is -0.120. The van der Waals surface area contributed by atoms with E-state index in [2.05, 4.69) is 26.0 Å². The molecule has 1 saturated carbocycles. The molecule has 0 radical (unpaired) electrons. The third kappa shape index (κ3) is 5.24. The van der Waals surface area contributed by atoms with Gasteiger partial charge in [0.05, 0.1) is 5.02 Å². The van der Waals surface area contributed by atoms with Gasteiger partial charge in [-0.2, -0.15) is 0 Å². The summed E-state index contributed by atoms with van der Waals surface area (Å²) in [5.41, 5.74) is 0.845. The molecule has 0 spiro atoms. The summed E-state index contributed by atoms with van der Waals surface area (Å²) in [6.45, 7) is 0. The summed E-state index contributed by atoms with van der Waals surface area (Å²) in [5.74, 6) is -0.0865. The fraction of sp³-hybridized carbons (Fsp3) is 0.316. The summed E-state index contributed by atoms with van der Waals surface area (Å²) in [7, 11) is -3.89. The van der Waals surface area contributed by atoms with Crippen molar-refractivity contribution in [1.82, 2.24) is 0 Å². The highest BCUT2D eigenvalue weighted by Crippen LogP contribution is 2.29. The Morgan fingerprint density at radius 1 is 1.00 bits per heavy atom. The second kappa shape index (κ2) is 8.63. The van der Waals surface area contributed by atoms with Gasteiger partial charge < -0.3 is 5.32 Å². The Morgan fingerprint density at radius 3 is 2.30 bits per heavy atom. The van der Waals surface area contributed by atoms with E-state index in [9.17, 15) is 13.2 Å². The van der Waals surface area contributed by atoms with Crippen molar-refractivity contribution in [2.75, 3.05) is 10.0 Å². The van der Waals surface area contributed by atoms with Crippen molar-refractivity contribution in [3.05, 3.63) is 52.0 Å². The Kier molecular flexibility index (Phi) is 6.44. The maximum absolute atomic E-state index is 12.7. The molecule has 0 saturated heterocycles. The molecule has 1 fully saturated rings. The van der Waals surface area contributed by atoms with Crippen LogP contribution in [-0.4, -0.2) is 14.3 Å². The Bertz CT molecular complexity index is 926. The van der Waals surface area contributed by atoms with Crippen LogP contribution in [0.15, 0.2) is 51.8 Å². The normalized spacial score (nSPS) is 15.3. The van der Waals surface area contributed by atoms with E-state index in [4.69, 9.17) is 11.6 Å². The van der Waals surface area contributed by atoms with E-state index < -0.39 is 10.0 Å². The van der Waals surface area contributed by atoms with E-state index in [1.807, 2.05) is 0 Å². The van der Waals surface area contributed by atoms with Crippen LogP contribution < -0.4 is 10.0 Å². The van der Waals surface area contributed by atoms with E-state index in [1.165, 1.54) is 12.1 Å². The van der Waals surface area contributed by atoms with Gasteiger partial charge in [-0.3, -0.25) is 9.52 Å². The topological polar surface area (TPSA) is 75.3 Å². The lowest BCUT2D eigenvalue weighted by Gasteiger charge is -2.21. The number of hydrogen-bond acceptors (Lipinski definition) is 3. The van der Waals surface area contributed by atoms with Crippen LogP contribution in [0.4, 0.5) is 11.4 Å². The number of nitrogens with one attached hydrogen (secondary N) is 2. The average molecular weight is 472 g/mol. The van der Waals surface area contributed by atoms with Gasteiger partial charge >= 0.3 is 0 Å². The van der Waals surface area contributed by atoms with E-state index in [0.29, 0.717) is 11.4 Å². The number of carbonyl (C=O) groups is 1. The Labute approximate surface area is 172 Å². The first-order valence-electron chi connectivity index (χ1n) is 8.74. The molecule has 0 unspecified atom stereocenters. The van der Waals surface area contributed by atoms with E-state index >= 15 is 0 Å². The monoisotopic (exact) mass is 470 g/mol. The molecular weight excluding hydrogens is 452 g/mol. The smallest absolute Gasteiger partial charge is 0.263 e. The highest BCUT2D eigenvalue weighted by Gasteiger charge is 2.23. The van der Waals surface area contributed by atoms with Crippen molar-refractivity contribution in [1.29, 1.82) is 0 Å². The van der Waals surface area contributed by atoms with Gasteiger partial charge in [0, 0.05) is 21.8 Å². The van der Waals surface area contributed by atoms with Gasteiger partial charge in [0.2, 0.25) is 5.91 Å². The molecule has 0 aliphatic heterocycles. The van der Waals surface area contributed by atoms with Gasteiger partial charge in [-0.15, -0.1) is 0 Å². The zero-order chi connectivity index (χ0) is 19.4. The number of benzene rings is 2. The average Bonchev–Trinajstić information content (AvgIpc) is 2.65. The molecule has 144 valence electrons. The zero-order valence-corrected chi connectivity index (χ0v) is 17.7.